The maximum Gasteiger partial charge on any atom is 0.222 e. The zero-order valence-corrected chi connectivity index (χ0v) is 13.1. The predicted octanol–water partition coefficient (Wildman–Crippen LogP) is 3.63. The molecule has 2 heterocycles. The number of aryl methyl sites for hydroxylation is 1. The van der Waals surface area contributed by atoms with Crippen molar-refractivity contribution in [3.63, 3.8) is 0 Å². The maximum atomic E-state index is 12.3. The van der Waals surface area contributed by atoms with Gasteiger partial charge in [0.25, 0.3) is 0 Å². The van der Waals surface area contributed by atoms with Gasteiger partial charge in [0.05, 0.1) is 0 Å². The molecule has 0 radical (unpaired) electrons. The molecule has 0 unspecified atom stereocenters. The molecule has 1 aromatic carbocycles. The summed E-state index contributed by atoms with van der Waals surface area (Å²) in [7, 11) is 0. The molecule has 0 saturated carbocycles. The Bertz CT molecular complexity index is 604. The van der Waals surface area contributed by atoms with Crippen LogP contribution in [0.3, 0.4) is 0 Å². The van der Waals surface area contributed by atoms with Crippen LogP contribution in [0.4, 0.5) is 0 Å². The smallest absolute Gasteiger partial charge is 0.222 e. The van der Waals surface area contributed by atoms with Crippen molar-refractivity contribution in [2.45, 2.75) is 45.2 Å². The zero-order chi connectivity index (χ0) is 15.2. The van der Waals surface area contributed by atoms with Gasteiger partial charge in [-0.2, -0.15) is 0 Å². The molecule has 116 valence electrons. The maximum absolute atomic E-state index is 12.3. The van der Waals surface area contributed by atoms with Gasteiger partial charge in [-0.1, -0.05) is 30.7 Å². The van der Waals surface area contributed by atoms with Crippen molar-refractivity contribution in [2.75, 3.05) is 6.54 Å². The van der Waals surface area contributed by atoms with Crippen LogP contribution < -0.4 is 0 Å². The molecule has 0 bridgehead atoms. The van der Waals surface area contributed by atoms with Crippen molar-refractivity contribution in [3.8, 4) is 0 Å². The summed E-state index contributed by atoms with van der Waals surface area (Å²) in [6, 6.07) is 12.6. The summed E-state index contributed by atoms with van der Waals surface area (Å²) in [5, 5.41) is 0. The monoisotopic (exact) mass is 296 g/mol. The topological polar surface area (TPSA) is 25.2 Å². The highest BCUT2D eigenvalue weighted by molar-refractivity contribution is 5.76. The molecule has 0 aliphatic carbocycles. The van der Waals surface area contributed by atoms with Crippen LogP contribution in [0, 0.1) is 0 Å². The lowest BCUT2D eigenvalue weighted by molar-refractivity contribution is -0.132. The highest BCUT2D eigenvalue weighted by Gasteiger charge is 2.19. The minimum atomic E-state index is 0.315. The van der Waals surface area contributed by atoms with Gasteiger partial charge in [-0.15, -0.1) is 0 Å². The number of nitrogens with zero attached hydrogens (tertiary/aromatic N) is 2. The Kier molecular flexibility index (Phi) is 4.94. The summed E-state index contributed by atoms with van der Waals surface area (Å²) in [6.45, 7) is 2.72. The Balaban J connectivity index is 1.38. The average molecular weight is 296 g/mol. The Morgan fingerprint density at radius 1 is 0.955 bits per heavy atom. The largest absolute Gasteiger partial charge is 0.354 e. The van der Waals surface area contributed by atoms with Crippen molar-refractivity contribution in [1.82, 2.24) is 9.47 Å². The van der Waals surface area contributed by atoms with Crippen LogP contribution in [0.5, 0.6) is 0 Å². The Morgan fingerprint density at radius 3 is 2.55 bits per heavy atom. The van der Waals surface area contributed by atoms with Gasteiger partial charge in [-0.05, 0) is 42.5 Å². The van der Waals surface area contributed by atoms with E-state index in [1.807, 2.05) is 4.90 Å². The van der Waals surface area contributed by atoms with Crippen molar-refractivity contribution in [1.29, 1.82) is 0 Å². The van der Waals surface area contributed by atoms with Gasteiger partial charge in [0, 0.05) is 38.4 Å². The van der Waals surface area contributed by atoms with Crippen LogP contribution in [-0.4, -0.2) is 21.9 Å². The van der Waals surface area contributed by atoms with Gasteiger partial charge < -0.3 is 9.47 Å². The fourth-order valence-corrected chi connectivity index (χ4v) is 3.13. The second kappa shape index (κ2) is 7.30. The second-order valence-corrected chi connectivity index (χ2v) is 6.07. The van der Waals surface area contributed by atoms with Crippen LogP contribution >= 0.6 is 0 Å². The molecule has 1 aliphatic heterocycles. The number of hydrogen-bond acceptors (Lipinski definition) is 1. The number of benzene rings is 1. The number of unbranched alkanes of at least 4 members (excludes halogenated alkanes) is 2. The standard InChI is InChI=1S/C19H24N2O/c22-19(10-2-1-5-12-20-13-6-7-14-20)21-15-11-17-8-3-4-9-18(17)16-21/h3-4,6-9,13-14H,1-2,5,10-12,15-16H2. The molecular weight excluding hydrogens is 272 g/mol. The SMILES string of the molecule is O=C(CCCCCn1cccc1)N1CCc2ccccc2C1. The molecule has 1 aromatic heterocycles. The van der Waals surface area contributed by atoms with Crippen molar-refractivity contribution >= 4 is 5.91 Å². The summed E-state index contributed by atoms with van der Waals surface area (Å²) < 4.78 is 2.20. The number of carbonyl (C=O) groups excluding carboxylic acids is 1. The highest BCUT2D eigenvalue weighted by atomic mass is 16.2. The van der Waals surface area contributed by atoms with Gasteiger partial charge in [0.2, 0.25) is 5.91 Å². The van der Waals surface area contributed by atoms with Crippen LogP contribution in [0.15, 0.2) is 48.8 Å². The van der Waals surface area contributed by atoms with Gasteiger partial charge in [0.15, 0.2) is 0 Å². The highest BCUT2D eigenvalue weighted by Crippen LogP contribution is 2.19. The molecule has 0 N–H and O–H groups in total. The Hall–Kier alpha value is -2.03. The third kappa shape index (κ3) is 3.79. The van der Waals surface area contributed by atoms with Crippen molar-refractivity contribution in [3.05, 3.63) is 59.9 Å². The summed E-state index contributed by atoms with van der Waals surface area (Å²) in [5.41, 5.74) is 2.72. The van der Waals surface area contributed by atoms with Crippen molar-refractivity contribution in [2.24, 2.45) is 0 Å². The Labute approximate surface area is 132 Å². The first-order chi connectivity index (χ1) is 10.8. The summed E-state index contributed by atoms with van der Waals surface area (Å²) in [5.74, 6) is 0.315. The van der Waals surface area contributed by atoms with Gasteiger partial charge in [0.1, 0.15) is 0 Å². The number of fused-ring (bicyclic) bond motifs is 1. The van der Waals surface area contributed by atoms with E-state index in [2.05, 4.69) is 53.4 Å². The minimum absolute atomic E-state index is 0.315. The molecule has 0 spiro atoms. The lowest BCUT2D eigenvalue weighted by Gasteiger charge is -2.29. The van der Waals surface area contributed by atoms with Crippen LogP contribution in [-0.2, 0) is 24.3 Å². The number of aromatic nitrogens is 1. The van der Waals surface area contributed by atoms with E-state index in [9.17, 15) is 4.79 Å². The summed E-state index contributed by atoms with van der Waals surface area (Å²) >= 11 is 0. The molecule has 1 amide bonds. The summed E-state index contributed by atoms with van der Waals surface area (Å²) in [6.07, 6.45) is 9.13. The molecule has 3 heteroatoms. The van der Waals surface area contributed by atoms with E-state index in [1.54, 1.807) is 0 Å². The van der Waals surface area contributed by atoms with Crippen LogP contribution in [0.25, 0.3) is 0 Å². The third-order valence-corrected chi connectivity index (χ3v) is 4.46. The summed E-state index contributed by atoms with van der Waals surface area (Å²) in [4.78, 5) is 14.3. The molecule has 3 rings (SSSR count). The van der Waals surface area contributed by atoms with E-state index in [1.165, 1.54) is 11.1 Å². The first-order valence-corrected chi connectivity index (χ1v) is 8.28. The molecule has 1 aliphatic rings. The molecule has 3 nitrogen and oxygen atoms in total. The predicted molar refractivity (Wildman–Crippen MR) is 88.5 cm³/mol. The molecule has 0 atom stereocenters. The molecule has 2 aromatic rings. The quantitative estimate of drug-likeness (QED) is 0.747. The van der Waals surface area contributed by atoms with E-state index in [0.29, 0.717) is 12.3 Å². The first kappa shape index (κ1) is 14.9. The van der Waals surface area contributed by atoms with E-state index in [4.69, 9.17) is 0 Å². The van der Waals surface area contributed by atoms with E-state index < -0.39 is 0 Å². The molecule has 0 fully saturated rings. The lowest BCUT2D eigenvalue weighted by atomic mass is 9.99. The van der Waals surface area contributed by atoms with Gasteiger partial charge in [-0.25, -0.2) is 0 Å². The number of amides is 1. The lowest BCUT2D eigenvalue weighted by Crippen LogP contribution is -2.35. The fraction of sp³-hybridized carbons (Fsp3) is 0.421. The fourth-order valence-electron chi connectivity index (χ4n) is 3.13. The molecule has 22 heavy (non-hydrogen) atoms. The molecule has 0 saturated heterocycles. The van der Waals surface area contributed by atoms with E-state index in [-0.39, 0.29) is 0 Å². The Morgan fingerprint density at radius 2 is 1.73 bits per heavy atom. The number of carbonyl (C=O) groups is 1. The van der Waals surface area contributed by atoms with Gasteiger partial charge in [-0.3, -0.25) is 4.79 Å². The van der Waals surface area contributed by atoms with Crippen LogP contribution in [0.2, 0.25) is 0 Å². The number of rotatable bonds is 6. The minimum Gasteiger partial charge on any atom is -0.354 e. The normalized spacial score (nSPS) is 13.9. The zero-order valence-electron chi connectivity index (χ0n) is 13.1. The van der Waals surface area contributed by atoms with E-state index in [0.717, 1.165) is 45.3 Å². The second-order valence-electron chi connectivity index (χ2n) is 6.07. The average Bonchev–Trinajstić information content (AvgIpc) is 3.07. The number of hydrogen-bond donors (Lipinski definition) is 0. The van der Waals surface area contributed by atoms with Crippen molar-refractivity contribution < 1.29 is 4.79 Å². The van der Waals surface area contributed by atoms with E-state index >= 15 is 0 Å². The van der Waals surface area contributed by atoms with Gasteiger partial charge >= 0.3 is 0 Å². The first-order valence-electron chi connectivity index (χ1n) is 8.28. The third-order valence-electron chi connectivity index (χ3n) is 4.46. The molecular formula is C19H24N2O. The van der Waals surface area contributed by atoms with Crippen LogP contribution in [0.1, 0.15) is 36.8 Å².